The van der Waals surface area contributed by atoms with Crippen molar-refractivity contribution in [3.63, 3.8) is 0 Å². The predicted octanol–water partition coefficient (Wildman–Crippen LogP) is 2.97. The van der Waals surface area contributed by atoms with Crippen LogP contribution in [-0.4, -0.2) is 34.0 Å². The number of primary sulfonamides is 1. The van der Waals surface area contributed by atoms with Crippen LogP contribution >= 0.6 is 0 Å². The van der Waals surface area contributed by atoms with E-state index in [4.69, 9.17) is 10.1 Å². The van der Waals surface area contributed by atoms with Crippen molar-refractivity contribution < 1.29 is 8.42 Å². The summed E-state index contributed by atoms with van der Waals surface area (Å²) in [5, 5.41) is 11.8. The molecule has 0 heterocycles. The zero-order valence-electron chi connectivity index (χ0n) is 18.4. The van der Waals surface area contributed by atoms with Gasteiger partial charge in [0.25, 0.3) is 0 Å². The quantitative estimate of drug-likeness (QED) is 0.421. The van der Waals surface area contributed by atoms with Gasteiger partial charge in [-0.2, -0.15) is 0 Å². The molecule has 6 nitrogen and oxygen atoms in total. The van der Waals surface area contributed by atoms with E-state index in [2.05, 4.69) is 55.7 Å². The summed E-state index contributed by atoms with van der Waals surface area (Å²) in [6.45, 7) is 10.7. The maximum Gasteiger partial charge on any atom is 0.238 e. The molecule has 0 spiro atoms. The van der Waals surface area contributed by atoms with Crippen molar-refractivity contribution >= 4 is 16.0 Å². The molecule has 0 aromatic heterocycles. The highest BCUT2D eigenvalue weighted by Gasteiger charge is 2.20. The van der Waals surface area contributed by atoms with Gasteiger partial charge in [0, 0.05) is 18.5 Å². The van der Waals surface area contributed by atoms with Crippen molar-refractivity contribution in [2.24, 2.45) is 10.1 Å². The van der Waals surface area contributed by atoms with Gasteiger partial charge in [0.15, 0.2) is 5.96 Å². The van der Waals surface area contributed by atoms with E-state index in [1.807, 2.05) is 6.92 Å². The molecule has 4 N–H and O–H groups in total. The maximum absolute atomic E-state index is 11.3. The third-order valence-electron chi connectivity index (χ3n) is 5.08. The number of nitrogens with two attached hydrogens (primary N) is 1. The molecule has 0 bridgehead atoms. The molecular formula is C23H34N4O2S. The highest BCUT2D eigenvalue weighted by Crippen LogP contribution is 2.24. The van der Waals surface area contributed by atoms with Crippen molar-refractivity contribution in [3.8, 4) is 0 Å². The number of rotatable bonds is 9. The lowest BCUT2D eigenvalue weighted by Crippen LogP contribution is -2.39. The SMILES string of the molecule is CCNC(=NCC(C)(C)c1ccc(CC)cc1)NCCc1ccc(S(N)(=O)=O)cc1. The van der Waals surface area contributed by atoms with Crippen LogP contribution in [-0.2, 0) is 28.3 Å². The molecule has 0 amide bonds. The van der Waals surface area contributed by atoms with E-state index in [0.29, 0.717) is 13.1 Å². The third kappa shape index (κ3) is 7.15. The van der Waals surface area contributed by atoms with Gasteiger partial charge >= 0.3 is 0 Å². The van der Waals surface area contributed by atoms with Gasteiger partial charge in [-0.15, -0.1) is 0 Å². The fraction of sp³-hybridized carbons (Fsp3) is 0.435. The summed E-state index contributed by atoms with van der Waals surface area (Å²) in [4.78, 5) is 4.91. The molecule has 30 heavy (non-hydrogen) atoms. The van der Waals surface area contributed by atoms with Crippen LogP contribution in [0.4, 0.5) is 0 Å². The molecule has 2 aromatic rings. The average molecular weight is 431 g/mol. The lowest BCUT2D eigenvalue weighted by atomic mass is 9.84. The Bertz CT molecular complexity index is 934. The van der Waals surface area contributed by atoms with E-state index in [1.165, 1.54) is 23.3 Å². The summed E-state index contributed by atoms with van der Waals surface area (Å²) < 4.78 is 22.7. The Morgan fingerprint density at radius 2 is 1.57 bits per heavy atom. The first-order chi connectivity index (χ1) is 14.2. The molecule has 0 unspecified atom stereocenters. The first-order valence-corrected chi connectivity index (χ1v) is 11.9. The van der Waals surface area contributed by atoms with Crippen molar-refractivity contribution in [1.29, 1.82) is 0 Å². The fourth-order valence-corrected chi connectivity index (χ4v) is 3.59. The van der Waals surface area contributed by atoms with Gasteiger partial charge < -0.3 is 10.6 Å². The van der Waals surface area contributed by atoms with Crippen LogP contribution in [0, 0.1) is 0 Å². The Morgan fingerprint density at radius 1 is 0.967 bits per heavy atom. The molecular weight excluding hydrogens is 396 g/mol. The highest BCUT2D eigenvalue weighted by atomic mass is 32.2. The minimum absolute atomic E-state index is 0.0713. The van der Waals surface area contributed by atoms with Gasteiger partial charge in [-0.05, 0) is 48.6 Å². The van der Waals surface area contributed by atoms with Gasteiger partial charge in [-0.25, -0.2) is 13.6 Å². The lowest BCUT2D eigenvalue weighted by molar-refractivity contribution is 0.537. The van der Waals surface area contributed by atoms with Crippen LogP contribution in [0.1, 0.15) is 44.4 Å². The topological polar surface area (TPSA) is 96.6 Å². The average Bonchev–Trinajstić information content (AvgIpc) is 2.72. The maximum atomic E-state index is 11.3. The standard InChI is InChI=1S/C23H34N4O2S/c1-5-18-7-11-20(12-8-18)23(3,4)17-27-22(25-6-2)26-16-15-19-9-13-21(14-10-19)30(24,28)29/h7-14H,5-6,15-17H2,1-4H3,(H2,24,28,29)(H2,25,26,27). The van der Waals surface area contributed by atoms with Crippen LogP contribution in [0.15, 0.2) is 58.4 Å². The van der Waals surface area contributed by atoms with Crippen LogP contribution < -0.4 is 15.8 Å². The van der Waals surface area contributed by atoms with Crippen molar-refractivity contribution in [3.05, 3.63) is 65.2 Å². The van der Waals surface area contributed by atoms with Crippen molar-refractivity contribution in [2.45, 2.75) is 50.8 Å². The Morgan fingerprint density at radius 3 is 2.10 bits per heavy atom. The lowest BCUT2D eigenvalue weighted by Gasteiger charge is -2.24. The Labute approximate surface area is 181 Å². The summed E-state index contributed by atoms with van der Waals surface area (Å²) in [6.07, 6.45) is 1.79. The van der Waals surface area contributed by atoms with E-state index in [0.717, 1.165) is 30.9 Å². The molecule has 0 saturated heterocycles. The van der Waals surface area contributed by atoms with Gasteiger partial charge in [-0.1, -0.05) is 57.2 Å². The van der Waals surface area contributed by atoms with Crippen molar-refractivity contribution in [2.75, 3.05) is 19.6 Å². The summed E-state index contributed by atoms with van der Waals surface area (Å²) in [5.74, 6) is 0.775. The predicted molar refractivity (Wildman–Crippen MR) is 124 cm³/mol. The number of aryl methyl sites for hydroxylation is 1. The molecule has 0 radical (unpaired) electrons. The normalized spacial score (nSPS) is 12.6. The molecule has 0 fully saturated rings. The highest BCUT2D eigenvalue weighted by molar-refractivity contribution is 7.89. The van der Waals surface area contributed by atoms with E-state index in [9.17, 15) is 8.42 Å². The molecule has 2 aromatic carbocycles. The van der Waals surface area contributed by atoms with E-state index >= 15 is 0 Å². The zero-order valence-corrected chi connectivity index (χ0v) is 19.2. The number of nitrogens with one attached hydrogen (secondary N) is 2. The second kappa shape index (κ2) is 10.6. The summed E-state index contributed by atoms with van der Waals surface area (Å²) in [7, 11) is -3.65. The van der Waals surface area contributed by atoms with Crippen LogP contribution in [0.3, 0.4) is 0 Å². The molecule has 7 heteroatoms. The Hall–Kier alpha value is -2.38. The van der Waals surface area contributed by atoms with Crippen LogP contribution in [0.5, 0.6) is 0 Å². The Balaban J connectivity index is 1.96. The molecule has 2 rings (SSSR count). The number of aliphatic imine (C=N–C) groups is 1. The summed E-state index contributed by atoms with van der Waals surface area (Å²) in [5.41, 5.74) is 3.57. The van der Waals surface area contributed by atoms with Crippen LogP contribution in [0.25, 0.3) is 0 Å². The molecule has 0 aliphatic rings. The summed E-state index contributed by atoms with van der Waals surface area (Å²) in [6, 6.07) is 15.4. The molecule has 0 atom stereocenters. The number of hydrogen-bond acceptors (Lipinski definition) is 3. The van der Waals surface area contributed by atoms with Crippen LogP contribution in [0.2, 0.25) is 0 Å². The smallest absolute Gasteiger partial charge is 0.238 e. The largest absolute Gasteiger partial charge is 0.357 e. The molecule has 0 saturated carbocycles. The summed E-state index contributed by atoms with van der Waals surface area (Å²) >= 11 is 0. The van der Waals surface area contributed by atoms with Gasteiger partial charge in [-0.3, -0.25) is 4.99 Å². The monoisotopic (exact) mass is 430 g/mol. The number of nitrogens with zero attached hydrogens (tertiary/aromatic N) is 1. The minimum atomic E-state index is -3.65. The second-order valence-electron chi connectivity index (χ2n) is 8.00. The van der Waals surface area contributed by atoms with Gasteiger partial charge in [0.2, 0.25) is 10.0 Å². The molecule has 164 valence electrons. The Kier molecular flexibility index (Phi) is 8.43. The van der Waals surface area contributed by atoms with E-state index in [1.54, 1.807) is 12.1 Å². The van der Waals surface area contributed by atoms with E-state index < -0.39 is 10.0 Å². The third-order valence-corrected chi connectivity index (χ3v) is 6.01. The first-order valence-electron chi connectivity index (χ1n) is 10.4. The number of hydrogen-bond donors (Lipinski definition) is 3. The first kappa shape index (κ1) is 23.9. The zero-order chi connectivity index (χ0) is 22.2. The second-order valence-corrected chi connectivity index (χ2v) is 9.56. The minimum Gasteiger partial charge on any atom is -0.357 e. The number of sulfonamides is 1. The number of benzene rings is 2. The van der Waals surface area contributed by atoms with Gasteiger partial charge in [0.05, 0.1) is 11.4 Å². The number of guanidine groups is 1. The molecule has 0 aliphatic heterocycles. The van der Waals surface area contributed by atoms with E-state index in [-0.39, 0.29) is 10.3 Å². The van der Waals surface area contributed by atoms with Crippen molar-refractivity contribution in [1.82, 2.24) is 10.6 Å². The van der Waals surface area contributed by atoms with Gasteiger partial charge in [0.1, 0.15) is 0 Å². The molecule has 0 aliphatic carbocycles. The fourth-order valence-electron chi connectivity index (χ4n) is 3.07.